The number of ether oxygens (including phenoxy) is 1. The number of Topliss-reactive ketones (excluding diaryl/α,β-unsaturated/α-hetero) is 1. The number of carbonyl (C=O) groups is 1. The molecule has 0 atom stereocenters. The lowest BCUT2D eigenvalue weighted by Gasteiger charge is -2.42. The van der Waals surface area contributed by atoms with E-state index in [2.05, 4.69) is 10.8 Å². The second-order valence-electron chi connectivity index (χ2n) is 4.97. The SMILES string of the molecule is C#CCCC(=O)C1(N2CCOCC2)CCCC1. The first-order valence-electron chi connectivity index (χ1n) is 6.59. The third-order valence-corrected chi connectivity index (χ3v) is 4.06. The molecule has 3 nitrogen and oxygen atoms in total. The minimum Gasteiger partial charge on any atom is -0.379 e. The van der Waals surface area contributed by atoms with Gasteiger partial charge in [0.15, 0.2) is 5.78 Å². The van der Waals surface area contributed by atoms with Crippen molar-refractivity contribution in [2.45, 2.75) is 44.1 Å². The van der Waals surface area contributed by atoms with Gasteiger partial charge in [0.2, 0.25) is 0 Å². The van der Waals surface area contributed by atoms with Crippen molar-refractivity contribution in [3.05, 3.63) is 0 Å². The van der Waals surface area contributed by atoms with E-state index in [9.17, 15) is 4.79 Å². The molecule has 1 aliphatic carbocycles. The zero-order valence-corrected chi connectivity index (χ0v) is 10.4. The maximum atomic E-state index is 12.4. The summed E-state index contributed by atoms with van der Waals surface area (Å²) in [7, 11) is 0. The van der Waals surface area contributed by atoms with Crippen LogP contribution >= 0.6 is 0 Å². The molecule has 2 fully saturated rings. The molecule has 1 saturated heterocycles. The van der Waals surface area contributed by atoms with Crippen LogP contribution in [0.25, 0.3) is 0 Å². The van der Waals surface area contributed by atoms with Crippen LogP contribution in [-0.4, -0.2) is 42.5 Å². The Labute approximate surface area is 104 Å². The van der Waals surface area contributed by atoms with Gasteiger partial charge in [0, 0.05) is 25.9 Å². The molecule has 1 aliphatic heterocycles. The molecule has 2 rings (SSSR count). The van der Waals surface area contributed by atoms with Crippen molar-refractivity contribution in [1.82, 2.24) is 4.90 Å². The average Bonchev–Trinajstić information content (AvgIpc) is 2.87. The van der Waals surface area contributed by atoms with Crippen LogP contribution in [0.4, 0.5) is 0 Å². The molecule has 0 N–H and O–H groups in total. The molecule has 0 amide bonds. The number of terminal acetylenes is 1. The molecule has 1 saturated carbocycles. The Hall–Kier alpha value is -0.850. The van der Waals surface area contributed by atoms with Crippen molar-refractivity contribution in [3.63, 3.8) is 0 Å². The second kappa shape index (κ2) is 5.66. The molecule has 0 aromatic heterocycles. The molecule has 1 heterocycles. The monoisotopic (exact) mass is 235 g/mol. The number of hydrogen-bond acceptors (Lipinski definition) is 3. The largest absolute Gasteiger partial charge is 0.379 e. The van der Waals surface area contributed by atoms with Crippen LogP contribution in [0.1, 0.15) is 38.5 Å². The summed E-state index contributed by atoms with van der Waals surface area (Å²) < 4.78 is 5.38. The maximum absolute atomic E-state index is 12.4. The van der Waals surface area contributed by atoms with E-state index in [1.165, 1.54) is 12.8 Å². The standard InChI is InChI=1S/C14H21NO2/c1-2-3-6-13(16)14(7-4-5-8-14)15-9-11-17-12-10-15/h1H,3-12H2. The molecule has 0 aromatic rings. The predicted octanol–water partition coefficient (Wildman–Crippen LogP) is 1.61. The van der Waals surface area contributed by atoms with Gasteiger partial charge in [-0.3, -0.25) is 9.69 Å². The first kappa shape index (κ1) is 12.6. The Morgan fingerprint density at radius 2 is 1.94 bits per heavy atom. The van der Waals surface area contributed by atoms with Crippen LogP contribution in [-0.2, 0) is 9.53 Å². The van der Waals surface area contributed by atoms with E-state index < -0.39 is 0 Å². The number of nitrogens with zero attached hydrogens (tertiary/aromatic N) is 1. The Kier molecular flexibility index (Phi) is 4.20. The summed E-state index contributed by atoms with van der Waals surface area (Å²) in [5.74, 6) is 2.93. The Morgan fingerprint density at radius 1 is 1.29 bits per heavy atom. The highest BCUT2D eigenvalue weighted by atomic mass is 16.5. The van der Waals surface area contributed by atoms with Crippen molar-refractivity contribution >= 4 is 5.78 Å². The third-order valence-electron chi connectivity index (χ3n) is 4.06. The highest BCUT2D eigenvalue weighted by molar-refractivity contribution is 5.89. The summed E-state index contributed by atoms with van der Waals surface area (Å²) in [5.41, 5.74) is -0.208. The zero-order chi connectivity index (χ0) is 12.1. The fourth-order valence-electron chi connectivity index (χ4n) is 3.14. The molecule has 0 aromatic carbocycles. The van der Waals surface area contributed by atoms with E-state index in [0.29, 0.717) is 18.6 Å². The summed E-state index contributed by atoms with van der Waals surface area (Å²) in [6, 6.07) is 0. The van der Waals surface area contributed by atoms with Crippen molar-refractivity contribution in [1.29, 1.82) is 0 Å². The molecule has 17 heavy (non-hydrogen) atoms. The van der Waals surface area contributed by atoms with Gasteiger partial charge in [0.25, 0.3) is 0 Å². The van der Waals surface area contributed by atoms with Gasteiger partial charge in [-0.2, -0.15) is 0 Å². The van der Waals surface area contributed by atoms with Crippen LogP contribution in [0.15, 0.2) is 0 Å². The average molecular weight is 235 g/mol. The van der Waals surface area contributed by atoms with Gasteiger partial charge in [-0.1, -0.05) is 12.8 Å². The Bertz CT molecular complexity index is 307. The van der Waals surface area contributed by atoms with Crippen molar-refractivity contribution in [2.75, 3.05) is 26.3 Å². The summed E-state index contributed by atoms with van der Waals surface area (Å²) in [4.78, 5) is 14.8. The van der Waals surface area contributed by atoms with E-state index in [1.807, 2.05) is 0 Å². The number of carbonyl (C=O) groups excluding carboxylic acids is 1. The molecular formula is C14H21NO2. The van der Waals surface area contributed by atoms with Gasteiger partial charge < -0.3 is 4.74 Å². The highest BCUT2D eigenvalue weighted by Crippen LogP contribution is 2.37. The minimum atomic E-state index is -0.208. The quantitative estimate of drug-likeness (QED) is 0.693. The lowest BCUT2D eigenvalue weighted by Crippen LogP contribution is -2.56. The van der Waals surface area contributed by atoms with E-state index in [0.717, 1.165) is 39.1 Å². The van der Waals surface area contributed by atoms with Gasteiger partial charge in [0.05, 0.1) is 18.8 Å². The molecule has 0 radical (unpaired) electrons. The molecule has 0 unspecified atom stereocenters. The van der Waals surface area contributed by atoms with Crippen molar-refractivity contribution in [2.24, 2.45) is 0 Å². The summed E-state index contributed by atoms with van der Waals surface area (Å²) in [6.45, 7) is 3.29. The summed E-state index contributed by atoms with van der Waals surface area (Å²) in [6.07, 6.45) is 10.7. The van der Waals surface area contributed by atoms with E-state index in [4.69, 9.17) is 11.2 Å². The smallest absolute Gasteiger partial charge is 0.154 e. The van der Waals surface area contributed by atoms with E-state index >= 15 is 0 Å². The summed E-state index contributed by atoms with van der Waals surface area (Å²) in [5, 5.41) is 0. The zero-order valence-electron chi connectivity index (χ0n) is 10.4. The topological polar surface area (TPSA) is 29.5 Å². The number of morpholine rings is 1. The van der Waals surface area contributed by atoms with Crippen LogP contribution < -0.4 is 0 Å². The molecule has 94 valence electrons. The van der Waals surface area contributed by atoms with E-state index in [1.54, 1.807) is 0 Å². The van der Waals surface area contributed by atoms with Crippen LogP contribution in [0.5, 0.6) is 0 Å². The van der Waals surface area contributed by atoms with Crippen molar-refractivity contribution < 1.29 is 9.53 Å². The fourth-order valence-corrected chi connectivity index (χ4v) is 3.14. The molecule has 0 spiro atoms. The lowest BCUT2D eigenvalue weighted by atomic mass is 9.87. The second-order valence-corrected chi connectivity index (χ2v) is 4.97. The van der Waals surface area contributed by atoms with Crippen LogP contribution in [0.2, 0.25) is 0 Å². The first-order valence-corrected chi connectivity index (χ1v) is 6.59. The minimum absolute atomic E-state index is 0.208. The van der Waals surface area contributed by atoms with Crippen LogP contribution in [0, 0.1) is 12.3 Å². The maximum Gasteiger partial charge on any atom is 0.154 e. The highest BCUT2D eigenvalue weighted by Gasteiger charge is 2.45. The van der Waals surface area contributed by atoms with Gasteiger partial charge in [-0.15, -0.1) is 12.3 Å². The molecular weight excluding hydrogens is 214 g/mol. The molecule has 0 bridgehead atoms. The van der Waals surface area contributed by atoms with Crippen LogP contribution in [0.3, 0.4) is 0 Å². The number of hydrogen-bond donors (Lipinski definition) is 0. The first-order chi connectivity index (χ1) is 8.29. The van der Waals surface area contributed by atoms with Gasteiger partial charge in [-0.25, -0.2) is 0 Å². The lowest BCUT2D eigenvalue weighted by molar-refractivity contribution is -0.134. The number of rotatable bonds is 4. The van der Waals surface area contributed by atoms with Gasteiger partial charge >= 0.3 is 0 Å². The Morgan fingerprint density at radius 3 is 2.53 bits per heavy atom. The Balaban J connectivity index is 2.08. The summed E-state index contributed by atoms with van der Waals surface area (Å²) >= 11 is 0. The normalized spacial score (nSPS) is 24.4. The fraction of sp³-hybridized carbons (Fsp3) is 0.786. The number of ketones is 1. The van der Waals surface area contributed by atoms with Gasteiger partial charge in [-0.05, 0) is 12.8 Å². The molecule has 2 aliphatic rings. The van der Waals surface area contributed by atoms with Crippen molar-refractivity contribution in [3.8, 4) is 12.3 Å². The predicted molar refractivity (Wildman–Crippen MR) is 66.7 cm³/mol. The van der Waals surface area contributed by atoms with E-state index in [-0.39, 0.29) is 5.54 Å². The third kappa shape index (κ3) is 2.53. The van der Waals surface area contributed by atoms with Gasteiger partial charge in [0.1, 0.15) is 0 Å². The molecule has 3 heteroatoms.